The molecule has 0 amide bonds. The van der Waals surface area contributed by atoms with Crippen molar-refractivity contribution in [3.63, 3.8) is 0 Å². The van der Waals surface area contributed by atoms with Crippen molar-refractivity contribution < 1.29 is 4.79 Å². The van der Waals surface area contributed by atoms with Crippen LogP contribution in [0, 0.1) is 6.92 Å². The van der Waals surface area contributed by atoms with E-state index in [0.717, 1.165) is 39.4 Å². The zero-order chi connectivity index (χ0) is 16.7. The number of hydrogen-bond acceptors (Lipinski definition) is 3. The van der Waals surface area contributed by atoms with Crippen molar-refractivity contribution in [2.24, 2.45) is 0 Å². The van der Waals surface area contributed by atoms with Crippen LogP contribution in [0.25, 0.3) is 33.7 Å². The second-order valence-corrected chi connectivity index (χ2v) is 5.71. The summed E-state index contributed by atoms with van der Waals surface area (Å²) in [5.41, 5.74) is 5.19. The highest BCUT2D eigenvalue weighted by molar-refractivity contribution is 5.88. The number of nitrogens with one attached hydrogen (secondary N) is 1. The first-order valence-corrected chi connectivity index (χ1v) is 7.76. The number of imidazole rings is 1. The summed E-state index contributed by atoms with van der Waals surface area (Å²) in [5.74, 6) is 0.604. The maximum Gasteiger partial charge on any atom is 0.243 e. The molecule has 0 aliphatic rings. The van der Waals surface area contributed by atoms with Gasteiger partial charge in [0.1, 0.15) is 11.5 Å². The molecule has 1 N–H and O–H groups in total. The summed E-state index contributed by atoms with van der Waals surface area (Å²) in [5, 5.41) is 4.53. The molecule has 0 saturated heterocycles. The lowest BCUT2D eigenvalue weighted by molar-refractivity contribution is 0.0919. The van der Waals surface area contributed by atoms with Crippen molar-refractivity contribution in [2.45, 2.75) is 13.8 Å². The molecule has 5 nitrogen and oxygen atoms in total. The second kappa shape index (κ2) is 5.45. The number of rotatable bonds is 2. The van der Waals surface area contributed by atoms with Gasteiger partial charge >= 0.3 is 0 Å². The Labute approximate surface area is 139 Å². The van der Waals surface area contributed by atoms with Crippen molar-refractivity contribution >= 4 is 16.9 Å². The van der Waals surface area contributed by atoms with Crippen molar-refractivity contribution in [3.05, 3.63) is 60.3 Å². The van der Waals surface area contributed by atoms with Crippen LogP contribution in [0.15, 0.2) is 54.6 Å². The molecule has 0 aliphatic carbocycles. The van der Waals surface area contributed by atoms with Crippen LogP contribution in [-0.4, -0.2) is 25.7 Å². The molecule has 0 bridgehead atoms. The average molecular weight is 316 g/mol. The molecule has 5 heteroatoms. The van der Waals surface area contributed by atoms with E-state index in [0.29, 0.717) is 0 Å². The van der Waals surface area contributed by atoms with Crippen LogP contribution in [0.1, 0.15) is 17.4 Å². The molecule has 0 fully saturated rings. The Bertz CT molecular complexity index is 1010. The largest absolute Gasteiger partial charge is 0.338 e. The third-order valence-corrected chi connectivity index (χ3v) is 4.09. The number of carbonyl (C=O) groups is 1. The van der Waals surface area contributed by atoms with E-state index < -0.39 is 0 Å². The zero-order valence-corrected chi connectivity index (χ0v) is 13.4. The molecule has 0 saturated carbocycles. The van der Waals surface area contributed by atoms with E-state index in [1.807, 2.05) is 61.5 Å². The van der Waals surface area contributed by atoms with E-state index in [4.69, 9.17) is 0 Å². The molecule has 24 heavy (non-hydrogen) atoms. The number of aromatic nitrogens is 4. The summed E-state index contributed by atoms with van der Waals surface area (Å²) in [7, 11) is 0. The second-order valence-electron chi connectivity index (χ2n) is 5.71. The number of para-hydroxylation sites is 2. The van der Waals surface area contributed by atoms with Crippen LogP contribution < -0.4 is 0 Å². The number of aromatic amines is 1. The zero-order valence-electron chi connectivity index (χ0n) is 13.4. The average Bonchev–Trinajstić information content (AvgIpc) is 3.16. The van der Waals surface area contributed by atoms with Crippen LogP contribution in [0.4, 0.5) is 0 Å². The molecule has 0 atom stereocenters. The molecule has 4 rings (SSSR count). The van der Waals surface area contributed by atoms with Crippen LogP contribution in [0.2, 0.25) is 0 Å². The van der Waals surface area contributed by atoms with Crippen molar-refractivity contribution in [1.82, 2.24) is 19.7 Å². The van der Waals surface area contributed by atoms with Gasteiger partial charge in [-0.25, -0.2) is 9.67 Å². The van der Waals surface area contributed by atoms with Gasteiger partial charge in [-0.2, -0.15) is 5.10 Å². The van der Waals surface area contributed by atoms with Gasteiger partial charge in [0, 0.05) is 12.5 Å². The predicted molar refractivity (Wildman–Crippen MR) is 93.8 cm³/mol. The van der Waals surface area contributed by atoms with Gasteiger partial charge in [0.2, 0.25) is 5.91 Å². The molecule has 0 radical (unpaired) electrons. The van der Waals surface area contributed by atoms with Crippen molar-refractivity contribution in [3.8, 4) is 22.6 Å². The maximum absolute atomic E-state index is 11.9. The normalized spacial score (nSPS) is 11.1. The summed E-state index contributed by atoms with van der Waals surface area (Å²) < 4.78 is 1.44. The van der Waals surface area contributed by atoms with Crippen molar-refractivity contribution in [2.75, 3.05) is 0 Å². The summed E-state index contributed by atoms with van der Waals surface area (Å²) in [6.45, 7) is 3.40. The van der Waals surface area contributed by atoms with E-state index in [-0.39, 0.29) is 5.91 Å². The molecular weight excluding hydrogens is 300 g/mol. The van der Waals surface area contributed by atoms with E-state index in [2.05, 4.69) is 15.1 Å². The van der Waals surface area contributed by atoms with Gasteiger partial charge in [-0.3, -0.25) is 4.79 Å². The smallest absolute Gasteiger partial charge is 0.243 e. The first-order chi connectivity index (χ1) is 11.6. The van der Waals surface area contributed by atoms with Crippen LogP contribution in [-0.2, 0) is 0 Å². The molecule has 4 aromatic rings. The SMILES string of the molecule is CC(=O)n1nc(-c2ccccc2)c(-c2nc3ccccc3[nH]2)c1C. The first kappa shape index (κ1) is 14.4. The van der Waals surface area contributed by atoms with Crippen LogP contribution in [0.3, 0.4) is 0 Å². The third-order valence-electron chi connectivity index (χ3n) is 4.09. The quantitative estimate of drug-likeness (QED) is 0.606. The Kier molecular flexibility index (Phi) is 3.27. The Morgan fingerprint density at radius 3 is 2.46 bits per heavy atom. The van der Waals surface area contributed by atoms with Gasteiger partial charge in [0.15, 0.2) is 0 Å². The number of benzene rings is 2. The fraction of sp³-hybridized carbons (Fsp3) is 0.105. The Balaban J connectivity index is 2.01. The number of H-pyrrole nitrogens is 1. The summed E-state index contributed by atoms with van der Waals surface area (Å²) in [6.07, 6.45) is 0. The molecule has 118 valence electrons. The van der Waals surface area contributed by atoms with E-state index >= 15 is 0 Å². The minimum Gasteiger partial charge on any atom is -0.338 e. The van der Waals surface area contributed by atoms with Crippen molar-refractivity contribution in [1.29, 1.82) is 0 Å². The van der Waals surface area contributed by atoms with Crippen LogP contribution in [0.5, 0.6) is 0 Å². The topological polar surface area (TPSA) is 63.6 Å². The summed E-state index contributed by atoms with van der Waals surface area (Å²) in [6, 6.07) is 17.7. The van der Waals surface area contributed by atoms with Gasteiger partial charge in [-0.1, -0.05) is 42.5 Å². The highest BCUT2D eigenvalue weighted by Crippen LogP contribution is 2.33. The lowest BCUT2D eigenvalue weighted by Crippen LogP contribution is -2.09. The van der Waals surface area contributed by atoms with Gasteiger partial charge in [0.05, 0.1) is 22.3 Å². The maximum atomic E-state index is 11.9. The van der Waals surface area contributed by atoms with Gasteiger partial charge in [-0.15, -0.1) is 0 Å². The molecule has 2 heterocycles. The highest BCUT2D eigenvalue weighted by atomic mass is 16.2. The molecule has 0 unspecified atom stereocenters. The van der Waals surface area contributed by atoms with Gasteiger partial charge < -0.3 is 4.98 Å². The molecule has 0 aliphatic heterocycles. The standard InChI is InChI=1S/C19H16N4O/c1-12-17(19-20-15-10-6-7-11-16(15)21-19)18(22-23(12)13(2)24)14-8-4-3-5-9-14/h3-11H,1-2H3,(H,20,21). The summed E-state index contributed by atoms with van der Waals surface area (Å²) >= 11 is 0. The van der Waals surface area contributed by atoms with E-state index in [1.165, 1.54) is 11.6 Å². The Morgan fingerprint density at radius 1 is 1.04 bits per heavy atom. The molecule has 2 aromatic carbocycles. The first-order valence-electron chi connectivity index (χ1n) is 7.76. The molecule has 0 spiro atoms. The third kappa shape index (κ3) is 2.22. The lowest BCUT2D eigenvalue weighted by Gasteiger charge is -2.01. The molecular formula is C19H16N4O. The lowest BCUT2D eigenvalue weighted by atomic mass is 10.1. The van der Waals surface area contributed by atoms with Crippen LogP contribution >= 0.6 is 0 Å². The molecule has 2 aromatic heterocycles. The fourth-order valence-corrected chi connectivity index (χ4v) is 2.96. The number of fused-ring (bicyclic) bond motifs is 1. The fourth-order valence-electron chi connectivity index (χ4n) is 2.96. The number of hydrogen-bond donors (Lipinski definition) is 1. The minimum absolute atomic E-state index is 0.118. The number of carbonyl (C=O) groups excluding carboxylic acids is 1. The Morgan fingerprint density at radius 2 is 1.75 bits per heavy atom. The predicted octanol–water partition coefficient (Wildman–Crippen LogP) is 4.06. The Hall–Kier alpha value is -3.21. The monoisotopic (exact) mass is 316 g/mol. The summed E-state index contributed by atoms with van der Waals surface area (Å²) in [4.78, 5) is 20.0. The highest BCUT2D eigenvalue weighted by Gasteiger charge is 2.22. The van der Waals surface area contributed by atoms with E-state index in [9.17, 15) is 4.79 Å². The van der Waals surface area contributed by atoms with E-state index in [1.54, 1.807) is 0 Å². The van der Waals surface area contributed by atoms with Gasteiger partial charge in [-0.05, 0) is 19.1 Å². The minimum atomic E-state index is -0.118. The number of nitrogens with zero attached hydrogens (tertiary/aromatic N) is 3. The van der Waals surface area contributed by atoms with Gasteiger partial charge in [0.25, 0.3) is 0 Å².